The summed E-state index contributed by atoms with van der Waals surface area (Å²) in [5.41, 5.74) is 0.206. The third-order valence-corrected chi connectivity index (χ3v) is 7.60. The summed E-state index contributed by atoms with van der Waals surface area (Å²) in [7, 11) is -3.46. The van der Waals surface area contributed by atoms with Gasteiger partial charge in [-0.25, -0.2) is 13.4 Å². The summed E-state index contributed by atoms with van der Waals surface area (Å²) in [6.07, 6.45) is -5.37. The van der Waals surface area contributed by atoms with E-state index >= 15 is 0 Å². The van der Waals surface area contributed by atoms with E-state index in [1.165, 1.54) is 24.3 Å². The van der Waals surface area contributed by atoms with Crippen molar-refractivity contribution >= 4 is 21.5 Å². The number of alkyl halides is 3. The van der Waals surface area contributed by atoms with Crippen molar-refractivity contribution in [3.8, 4) is 5.88 Å². The Kier molecular flexibility index (Phi) is 8.57. The van der Waals surface area contributed by atoms with Crippen LogP contribution in [0.1, 0.15) is 38.8 Å². The molecule has 36 heavy (non-hydrogen) atoms. The molecular formula is C25H28F3N3O4S. The summed E-state index contributed by atoms with van der Waals surface area (Å²) in [6.45, 7) is 6.73. The number of hydrogen-bond acceptors (Lipinski definition) is 7. The molecule has 0 aliphatic heterocycles. The highest BCUT2D eigenvalue weighted by Crippen LogP contribution is 2.36. The zero-order chi connectivity index (χ0) is 26.5. The Morgan fingerprint density at radius 1 is 0.944 bits per heavy atom. The normalized spacial score (nSPS) is 13.9. The molecule has 0 saturated heterocycles. The van der Waals surface area contributed by atoms with Gasteiger partial charge in [-0.15, -0.1) is 0 Å². The maximum Gasteiger partial charge on any atom is 0.423 e. The summed E-state index contributed by atoms with van der Waals surface area (Å²) in [5.74, 6) is -0.774. The van der Waals surface area contributed by atoms with E-state index in [0.29, 0.717) is 11.9 Å². The third kappa shape index (κ3) is 6.94. The minimum Gasteiger partial charge on any atom is -0.471 e. The first-order chi connectivity index (χ1) is 16.9. The predicted octanol–water partition coefficient (Wildman–Crippen LogP) is 5.79. The van der Waals surface area contributed by atoms with Crippen molar-refractivity contribution in [2.75, 3.05) is 5.32 Å². The second-order valence-electron chi connectivity index (χ2n) is 8.48. The number of benzene rings is 2. The number of ether oxygens (including phenoxy) is 2. The Balaban J connectivity index is 1.76. The van der Waals surface area contributed by atoms with Gasteiger partial charge >= 0.3 is 6.18 Å². The van der Waals surface area contributed by atoms with Crippen LogP contribution in [-0.4, -0.2) is 35.8 Å². The first-order valence-electron chi connectivity index (χ1n) is 11.3. The van der Waals surface area contributed by atoms with Crippen molar-refractivity contribution in [3.63, 3.8) is 0 Å². The molecule has 3 rings (SSSR count). The smallest absolute Gasteiger partial charge is 0.423 e. The molecule has 0 fully saturated rings. The van der Waals surface area contributed by atoms with Crippen molar-refractivity contribution in [1.82, 2.24) is 9.97 Å². The van der Waals surface area contributed by atoms with Gasteiger partial charge in [0.25, 0.3) is 0 Å². The molecule has 0 amide bonds. The van der Waals surface area contributed by atoms with Gasteiger partial charge in [0.05, 0.1) is 22.9 Å². The summed E-state index contributed by atoms with van der Waals surface area (Å²) in [5, 5.41) is 2.20. The van der Waals surface area contributed by atoms with Crippen LogP contribution in [0.2, 0.25) is 0 Å². The van der Waals surface area contributed by atoms with Gasteiger partial charge < -0.3 is 14.8 Å². The number of aromatic nitrogens is 2. The molecule has 194 valence electrons. The van der Waals surface area contributed by atoms with Crippen LogP contribution in [0, 0.1) is 0 Å². The molecule has 3 aromatic rings. The van der Waals surface area contributed by atoms with Crippen molar-refractivity contribution in [1.29, 1.82) is 0 Å². The van der Waals surface area contributed by atoms with Gasteiger partial charge in [0.15, 0.2) is 9.84 Å². The van der Waals surface area contributed by atoms with Crippen LogP contribution in [0.5, 0.6) is 5.88 Å². The van der Waals surface area contributed by atoms with Gasteiger partial charge in [0, 0.05) is 11.9 Å². The standard InChI is InChI=1S/C25H28F3N3O4S/c1-16(2)36(32,33)21-12-10-20(11-13-21)30-24-29-14-22(25(26,27)28)23(31-24)35-18(4)17(3)34-15-19-8-6-5-7-9-19/h5-14,16-18H,15H2,1-4H3,(H,29,30,31). The molecule has 1 N–H and O–H groups in total. The zero-order valence-electron chi connectivity index (χ0n) is 20.3. The molecule has 2 aromatic carbocycles. The topological polar surface area (TPSA) is 90.4 Å². The van der Waals surface area contributed by atoms with Crippen LogP contribution in [0.25, 0.3) is 0 Å². The number of halogens is 3. The minimum absolute atomic E-state index is 0.137. The number of anilines is 2. The average molecular weight is 524 g/mol. The van der Waals surface area contributed by atoms with Gasteiger partial charge in [-0.1, -0.05) is 30.3 Å². The lowest BCUT2D eigenvalue weighted by Gasteiger charge is -2.23. The Bertz CT molecular complexity index is 1250. The molecule has 0 aliphatic carbocycles. The molecule has 2 atom stereocenters. The third-order valence-electron chi connectivity index (χ3n) is 5.43. The maximum absolute atomic E-state index is 13.6. The van der Waals surface area contributed by atoms with Crippen LogP contribution >= 0.6 is 0 Å². The first-order valence-corrected chi connectivity index (χ1v) is 12.8. The zero-order valence-corrected chi connectivity index (χ0v) is 21.1. The molecule has 2 unspecified atom stereocenters. The minimum atomic E-state index is -4.73. The number of hydrogen-bond donors (Lipinski definition) is 1. The van der Waals surface area contributed by atoms with Crippen molar-refractivity contribution in [2.24, 2.45) is 0 Å². The van der Waals surface area contributed by atoms with Crippen molar-refractivity contribution in [2.45, 2.75) is 62.8 Å². The first kappa shape index (κ1) is 27.4. The lowest BCUT2D eigenvalue weighted by atomic mass is 10.2. The van der Waals surface area contributed by atoms with Gasteiger partial charge in [0.2, 0.25) is 11.8 Å². The second-order valence-corrected chi connectivity index (χ2v) is 11.0. The SMILES string of the molecule is CC(OCc1ccccc1)C(C)Oc1nc(Nc2ccc(S(=O)(=O)C(C)C)cc2)ncc1C(F)(F)F. The van der Waals surface area contributed by atoms with Crippen molar-refractivity contribution in [3.05, 3.63) is 71.9 Å². The molecule has 0 radical (unpaired) electrons. The summed E-state index contributed by atoms with van der Waals surface area (Å²) in [6, 6.07) is 15.2. The molecule has 1 aromatic heterocycles. The molecule has 0 aliphatic rings. The molecule has 7 nitrogen and oxygen atoms in total. The molecule has 11 heteroatoms. The van der Waals surface area contributed by atoms with E-state index in [1.807, 2.05) is 30.3 Å². The van der Waals surface area contributed by atoms with Crippen LogP contribution in [0.15, 0.2) is 65.7 Å². The molecule has 0 saturated carbocycles. The molecular weight excluding hydrogens is 495 g/mol. The predicted molar refractivity (Wildman–Crippen MR) is 130 cm³/mol. The highest BCUT2D eigenvalue weighted by molar-refractivity contribution is 7.92. The van der Waals surface area contributed by atoms with Crippen LogP contribution in [0.3, 0.4) is 0 Å². The monoisotopic (exact) mass is 523 g/mol. The van der Waals surface area contributed by atoms with Gasteiger partial charge in [-0.2, -0.15) is 18.2 Å². The Hall–Kier alpha value is -3.18. The van der Waals surface area contributed by atoms with E-state index in [0.717, 1.165) is 5.56 Å². The van der Waals surface area contributed by atoms with Gasteiger partial charge in [-0.3, -0.25) is 0 Å². The lowest BCUT2D eigenvalue weighted by molar-refractivity contribution is -0.140. The van der Waals surface area contributed by atoms with E-state index in [1.54, 1.807) is 27.7 Å². The highest BCUT2D eigenvalue weighted by atomic mass is 32.2. The van der Waals surface area contributed by atoms with E-state index in [9.17, 15) is 21.6 Å². The van der Waals surface area contributed by atoms with Gasteiger partial charge in [-0.05, 0) is 57.5 Å². The summed E-state index contributed by atoms with van der Waals surface area (Å²) >= 11 is 0. The Labute approximate surface area is 208 Å². The molecule has 0 spiro atoms. The van der Waals surface area contributed by atoms with Crippen LogP contribution in [0.4, 0.5) is 24.8 Å². The van der Waals surface area contributed by atoms with Crippen molar-refractivity contribution < 1.29 is 31.1 Å². The number of nitrogens with zero attached hydrogens (tertiary/aromatic N) is 2. The van der Waals surface area contributed by atoms with Gasteiger partial charge in [0.1, 0.15) is 11.7 Å². The Morgan fingerprint density at radius 3 is 2.17 bits per heavy atom. The van der Waals surface area contributed by atoms with Crippen LogP contribution < -0.4 is 10.1 Å². The van der Waals surface area contributed by atoms with Crippen LogP contribution in [-0.2, 0) is 27.4 Å². The molecule has 1 heterocycles. The largest absolute Gasteiger partial charge is 0.471 e. The fourth-order valence-electron chi connectivity index (χ4n) is 3.05. The lowest BCUT2D eigenvalue weighted by Crippen LogP contribution is -2.30. The van der Waals surface area contributed by atoms with E-state index in [-0.39, 0.29) is 17.5 Å². The number of sulfone groups is 1. The summed E-state index contributed by atoms with van der Waals surface area (Å²) < 4.78 is 76.6. The summed E-state index contributed by atoms with van der Waals surface area (Å²) in [4.78, 5) is 7.83. The van der Waals surface area contributed by atoms with E-state index in [4.69, 9.17) is 9.47 Å². The van der Waals surface area contributed by atoms with E-state index in [2.05, 4.69) is 15.3 Å². The number of rotatable bonds is 10. The Morgan fingerprint density at radius 2 is 1.58 bits per heavy atom. The second kappa shape index (κ2) is 11.3. The fraction of sp³-hybridized carbons (Fsp3) is 0.360. The maximum atomic E-state index is 13.6. The highest BCUT2D eigenvalue weighted by Gasteiger charge is 2.37. The quantitative estimate of drug-likeness (QED) is 0.360. The number of nitrogens with one attached hydrogen (secondary N) is 1. The average Bonchev–Trinajstić information content (AvgIpc) is 2.82. The molecule has 0 bridgehead atoms. The van der Waals surface area contributed by atoms with E-state index < -0.39 is 44.9 Å². The fourth-order valence-corrected chi connectivity index (χ4v) is 4.11.